The molecule has 0 N–H and O–H groups in total. The standard InChI is InChI=1S/C24H16ClNO7/c25-20-8-19-18(14-4-2-1-3-5-14)9-23(27)33-21(19)10-22(20)31-12-16-7-17(26(28)29)6-15-11-30-13-32-24(15)16/h1-10H,11-13H2. The van der Waals surface area contributed by atoms with Gasteiger partial charge in [0.05, 0.1) is 16.6 Å². The predicted molar refractivity (Wildman–Crippen MR) is 121 cm³/mol. The number of nitrogens with zero attached hydrogens (tertiary/aromatic N) is 1. The van der Waals surface area contributed by atoms with Gasteiger partial charge in [-0.05, 0) is 17.2 Å². The smallest absolute Gasteiger partial charge is 0.336 e. The highest BCUT2D eigenvalue weighted by Gasteiger charge is 2.22. The van der Waals surface area contributed by atoms with Gasteiger partial charge in [-0.3, -0.25) is 10.1 Å². The van der Waals surface area contributed by atoms with Crippen LogP contribution in [0.25, 0.3) is 22.1 Å². The van der Waals surface area contributed by atoms with E-state index >= 15 is 0 Å². The minimum atomic E-state index is -0.504. The van der Waals surface area contributed by atoms with Crippen molar-refractivity contribution in [1.82, 2.24) is 0 Å². The molecule has 0 saturated carbocycles. The lowest BCUT2D eigenvalue weighted by Gasteiger charge is -2.20. The topological polar surface area (TPSA) is 101 Å². The third kappa shape index (κ3) is 4.13. The molecule has 1 aliphatic rings. The van der Waals surface area contributed by atoms with Crippen molar-refractivity contribution in [2.75, 3.05) is 6.79 Å². The van der Waals surface area contributed by atoms with Crippen molar-refractivity contribution < 1.29 is 23.6 Å². The molecule has 0 bridgehead atoms. The third-order valence-corrected chi connectivity index (χ3v) is 5.54. The Labute approximate surface area is 192 Å². The second kappa shape index (κ2) is 8.57. The van der Waals surface area contributed by atoms with Crippen LogP contribution >= 0.6 is 11.6 Å². The first-order chi connectivity index (χ1) is 16.0. The molecule has 9 heteroatoms. The van der Waals surface area contributed by atoms with Gasteiger partial charge in [-0.2, -0.15) is 0 Å². The lowest BCUT2D eigenvalue weighted by atomic mass is 10.0. The highest BCUT2D eigenvalue weighted by atomic mass is 35.5. The molecule has 0 amide bonds. The normalized spacial score (nSPS) is 12.8. The second-order valence-corrected chi connectivity index (χ2v) is 7.78. The molecule has 33 heavy (non-hydrogen) atoms. The summed E-state index contributed by atoms with van der Waals surface area (Å²) in [5.41, 5.74) is 2.31. The van der Waals surface area contributed by atoms with Crippen molar-refractivity contribution in [3.63, 3.8) is 0 Å². The van der Waals surface area contributed by atoms with Crippen molar-refractivity contribution in [1.29, 1.82) is 0 Å². The van der Waals surface area contributed by atoms with Crippen LogP contribution in [0.4, 0.5) is 5.69 Å². The Balaban J connectivity index is 1.52. The van der Waals surface area contributed by atoms with E-state index in [1.165, 1.54) is 18.2 Å². The lowest BCUT2D eigenvalue weighted by molar-refractivity contribution is -0.385. The fourth-order valence-corrected chi connectivity index (χ4v) is 4.00. The summed E-state index contributed by atoms with van der Waals surface area (Å²) >= 11 is 6.49. The molecular weight excluding hydrogens is 450 g/mol. The molecule has 0 unspecified atom stereocenters. The van der Waals surface area contributed by atoms with E-state index < -0.39 is 10.5 Å². The number of fused-ring (bicyclic) bond motifs is 2. The quantitative estimate of drug-likeness (QED) is 0.219. The molecule has 4 aromatic rings. The van der Waals surface area contributed by atoms with Gasteiger partial charge in [0, 0.05) is 40.8 Å². The van der Waals surface area contributed by atoms with Gasteiger partial charge in [0.25, 0.3) is 5.69 Å². The predicted octanol–water partition coefficient (Wildman–Crippen LogP) is 5.47. The summed E-state index contributed by atoms with van der Waals surface area (Å²) in [5.74, 6) is 0.756. The first-order valence-electron chi connectivity index (χ1n) is 9.96. The van der Waals surface area contributed by atoms with Crippen LogP contribution in [0.2, 0.25) is 5.02 Å². The molecule has 2 heterocycles. The van der Waals surface area contributed by atoms with Gasteiger partial charge in [-0.25, -0.2) is 4.79 Å². The molecule has 0 spiro atoms. The van der Waals surface area contributed by atoms with E-state index in [4.69, 9.17) is 30.2 Å². The highest BCUT2D eigenvalue weighted by Crippen LogP contribution is 2.37. The monoisotopic (exact) mass is 465 g/mol. The fraction of sp³-hybridized carbons (Fsp3) is 0.125. The minimum Gasteiger partial charge on any atom is -0.487 e. The van der Waals surface area contributed by atoms with Gasteiger partial charge in [-0.1, -0.05) is 41.9 Å². The van der Waals surface area contributed by atoms with Crippen LogP contribution in [0.3, 0.4) is 0 Å². The number of hydrogen-bond donors (Lipinski definition) is 0. The van der Waals surface area contributed by atoms with E-state index in [9.17, 15) is 14.9 Å². The summed E-state index contributed by atoms with van der Waals surface area (Å²) in [7, 11) is 0. The summed E-state index contributed by atoms with van der Waals surface area (Å²) in [6.45, 7) is 0.202. The maximum atomic E-state index is 12.2. The SMILES string of the molecule is O=c1cc(-c2ccccc2)c2cc(Cl)c(OCc3cc([N+](=O)[O-])cc4c3OCOC4)cc2o1. The summed E-state index contributed by atoms with van der Waals surface area (Å²) in [6.07, 6.45) is 0. The first kappa shape index (κ1) is 21.0. The van der Waals surface area contributed by atoms with Crippen molar-refractivity contribution in [3.8, 4) is 22.6 Å². The number of nitro groups is 1. The van der Waals surface area contributed by atoms with Crippen LogP contribution in [0.5, 0.6) is 11.5 Å². The van der Waals surface area contributed by atoms with Crippen LogP contribution < -0.4 is 15.1 Å². The highest BCUT2D eigenvalue weighted by molar-refractivity contribution is 6.33. The van der Waals surface area contributed by atoms with Gasteiger partial charge >= 0.3 is 5.63 Å². The summed E-state index contributed by atoms with van der Waals surface area (Å²) < 4.78 is 22.0. The molecule has 0 aliphatic carbocycles. The van der Waals surface area contributed by atoms with Crippen LogP contribution in [0, 0.1) is 10.1 Å². The largest absolute Gasteiger partial charge is 0.487 e. The van der Waals surface area contributed by atoms with Gasteiger partial charge in [0.2, 0.25) is 0 Å². The third-order valence-electron chi connectivity index (χ3n) is 5.25. The van der Waals surface area contributed by atoms with E-state index in [2.05, 4.69) is 0 Å². The number of benzene rings is 3. The Hall–Kier alpha value is -3.88. The van der Waals surface area contributed by atoms with E-state index in [0.717, 1.165) is 5.56 Å². The van der Waals surface area contributed by atoms with Crippen LogP contribution in [0.15, 0.2) is 69.9 Å². The zero-order chi connectivity index (χ0) is 22.9. The van der Waals surface area contributed by atoms with Crippen LogP contribution in [-0.2, 0) is 18.0 Å². The van der Waals surface area contributed by atoms with E-state index in [-0.39, 0.29) is 31.4 Å². The summed E-state index contributed by atoms with van der Waals surface area (Å²) in [5, 5.41) is 12.3. The Kier molecular flexibility index (Phi) is 5.45. The molecule has 166 valence electrons. The van der Waals surface area contributed by atoms with E-state index in [1.807, 2.05) is 30.3 Å². The number of ether oxygens (including phenoxy) is 3. The van der Waals surface area contributed by atoms with Crippen molar-refractivity contribution in [2.24, 2.45) is 0 Å². The number of non-ortho nitro benzene ring substituents is 1. The van der Waals surface area contributed by atoms with Crippen LogP contribution in [-0.4, -0.2) is 11.7 Å². The number of rotatable bonds is 5. The van der Waals surface area contributed by atoms with E-state index in [0.29, 0.717) is 38.4 Å². The Morgan fingerprint density at radius 1 is 1.09 bits per heavy atom. The average molecular weight is 466 g/mol. The molecule has 1 aromatic heterocycles. The fourth-order valence-electron chi connectivity index (χ4n) is 3.78. The maximum Gasteiger partial charge on any atom is 0.336 e. The van der Waals surface area contributed by atoms with Gasteiger partial charge in [0.1, 0.15) is 23.7 Å². The van der Waals surface area contributed by atoms with Crippen molar-refractivity contribution >= 4 is 28.3 Å². The molecule has 0 radical (unpaired) electrons. The molecule has 0 atom stereocenters. The minimum absolute atomic E-state index is 0.0436. The molecular formula is C24H16ClNO7. The van der Waals surface area contributed by atoms with Gasteiger partial charge in [-0.15, -0.1) is 0 Å². The Morgan fingerprint density at radius 3 is 2.70 bits per heavy atom. The van der Waals surface area contributed by atoms with Crippen molar-refractivity contribution in [2.45, 2.75) is 13.2 Å². The first-order valence-corrected chi connectivity index (χ1v) is 10.3. The molecule has 0 saturated heterocycles. The Bertz CT molecular complexity index is 1430. The van der Waals surface area contributed by atoms with Gasteiger partial charge < -0.3 is 18.6 Å². The molecule has 0 fully saturated rings. The summed E-state index contributed by atoms with van der Waals surface area (Å²) in [6, 6.07) is 16.9. The molecule has 5 rings (SSSR count). The zero-order valence-electron chi connectivity index (χ0n) is 17.1. The maximum absolute atomic E-state index is 12.2. The molecule has 3 aromatic carbocycles. The Morgan fingerprint density at radius 2 is 1.91 bits per heavy atom. The number of halogens is 1. The summed E-state index contributed by atoms with van der Waals surface area (Å²) in [4.78, 5) is 23.0. The average Bonchev–Trinajstić information content (AvgIpc) is 2.82. The number of nitro benzene ring substituents is 1. The van der Waals surface area contributed by atoms with Crippen molar-refractivity contribution in [3.05, 3.63) is 97.3 Å². The lowest BCUT2D eigenvalue weighted by Crippen LogP contribution is -2.14. The number of hydrogen-bond acceptors (Lipinski definition) is 7. The molecule has 1 aliphatic heterocycles. The second-order valence-electron chi connectivity index (χ2n) is 7.37. The van der Waals surface area contributed by atoms with E-state index in [1.54, 1.807) is 12.1 Å². The van der Waals surface area contributed by atoms with Gasteiger partial charge in [0.15, 0.2) is 6.79 Å². The van der Waals surface area contributed by atoms with Crippen LogP contribution in [0.1, 0.15) is 11.1 Å². The zero-order valence-corrected chi connectivity index (χ0v) is 17.8. The molecule has 8 nitrogen and oxygen atoms in total.